The van der Waals surface area contributed by atoms with E-state index in [0.29, 0.717) is 17.4 Å². The number of rotatable bonds is 1. The lowest BCUT2D eigenvalue weighted by atomic mass is 9.89. The van der Waals surface area contributed by atoms with Crippen LogP contribution in [0, 0.1) is 12.8 Å². The highest BCUT2D eigenvalue weighted by atomic mass is 16.5. The van der Waals surface area contributed by atoms with Crippen LogP contribution < -0.4 is 5.56 Å². The smallest absolute Gasteiger partial charge is 0.274 e. The first-order valence-corrected chi connectivity index (χ1v) is 6.31. The number of aromatic nitrogens is 3. The van der Waals surface area contributed by atoms with E-state index in [-0.39, 0.29) is 5.56 Å². The average molecular weight is 247 g/mol. The van der Waals surface area contributed by atoms with Gasteiger partial charge < -0.3 is 9.72 Å². The van der Waals surface area contributed by atoms with Crippen LogP contribution in [0.2, 0.25) is 0 Å². The van der Waals surface area contributed by atoms with Crippen LogP contribution in [0.15, 0.2) is 17.2 Å². The summed E-state index contributed by atoms with van der Waals surface area (Å²) in [6.07, 6.45) is 4.57. The van der Waals surface area contributed by atoms with E-state index in [9.17, 15) is 4.79 Å². The van der Waals surface area contributed by atoms with E-state index < -0.39 is 0 Å². The molecule has 1 aliphatic heterocycles. The molecule has 0 spiro atoms. The number of hydrogen-bond donors (Lipinski definition) is 1. The van der Waals surface area contributed by atoms with Gasteiger partial charge in [0.15, 0.2) is 0 Å². The number of ether oxygens (including phenoxy) is 1. The normalized spacial score (nSPS) is 24.6. The SMILES string of the molecule is Cc1cn2c(C3CCOCC3C)ncc2c(=O)[nH]1. The Hall–Kier alpha value is -1.62. The van der Waals surface area contributed by atoms with Gasteiger partial charge in [0, 0.05) is 31.0 Å². The largest absolute Gasteiger partial charge is 0.381 e. The van der Waals surface area contributed by atoms with Crippen molar-refractivity contribution >= 4 is 5.52 Å². The molecule has 0 radical (unpaired) electrons. The fraction of sp³-hybridized carbons (Fsp3) is 0.538. The molecule has 0 aliphatic carbocycles. The Balaban J connectivity index is 2.14. The van der Waals surface area contributed by atoms with Crippen LogP contribution in [0.1, 0.15) is 30.8 Å². The number of nitrogens with zero attached hydrogens (tertiary/aromatic N) is 2. The molecule has 5 nitrogen and oxygen atoms in total. The molecule has 1 saturated heterocycles. The molecule has 2 aromatic heterocycles. The summed E-state index contributed by atoms with van der Waals surface area (Å²) in [5, 5.41) is 0. The van der Waals surface area contributed by atoms with E-state index in [1.165, 1.54) is 0 Å². The topological polar surface area (TPSA) is 59.4 Å². The maximum atomic E-state index is 11.8. The molecule has 0 amide bonds. The van der Waals surface area contributed by atoms with Gasteiger partial charge >= 0.3 is 0 Å². The standard InChI is InChI=1S/C13H17N3O2/c1-8-7-18-4-3-10(8)12-14-5-11-13(17)15-9(2)6-16(11)12/h5-6,8,10H,3-4,7H2,1-2H3,(H,15,17). The van der Waals surface area contributed by atoms with Gasteiger partial charge in [0.25, 0.3) is 5.56 Å². The molecule has 18 heavy (non-hydrogen) atoms. The van der Waals surface area contributed by atoms with Crippen molar-refractivity contribution in [2.45, 2.75) is 26.2 Å². The number of H-pyrrole nitrogens is 1. The van der Waals surface area contributed by atoms with Gasteiger partial charge in [0.05, 0.1) is 6.20 Å². The van der Waals surface area contributed by atoms with E-state index in [1.807, 2.05) is 17.5 Å². The van der Waals surface area contributed by atoms with Crippen molar-refractivity contribution in [1.29, 1.82) is 0 Å². The van der Waals surface area contributed by atoms with Crippen LogP contribution in [0.25, 0.3) is 5.52 Å². The zero-order valence-electron chi connectivity index (χ0n) is 10.6. The Morgan fingerprint density at radius 2 is 2.39 bits per heavy atom. The third kappa shape index (κ3) is 1.75. The van der Waals surface area contributed by atoms with E-state index in [4.69, 9.17) is 4.74 Å². The highest BCUT2D eigenvalue weighted by Crippen LogP contribution is 2.30. The summed E-state index contributed by atoms with van der Waals surface area (Å²) in [6, 6.07) is 0. The second-order valence-corrected chi connectivity index (χ2v) is 5.09. The fourth-order valence-electron chi connectivity index (χ4n) is 2.69. The van der Waals surface area contributed by atoms with Crippen molar-refractivity contribution in [3.63, 3.8) is 0 Å². The van der Waals surface area contributed by atoms with Crippen LogP contribution >= 0.6 is 0 Å². The van der Waals surface area contributed by atoms with Crippen molar-refractivity contribution in [1.82, 2.24) is 14.4 Å². The molecule has 0 saturated carbocycles. The highest BCUT2D eigenvalue weighted by Gasteiger charge is 2.27. The molecule has 1 fully saturated rings. The summed E-state index contributed by atoms with van der Waals surface area (Å²) in [6.45, 7) is 5.59. The maximum Gasteiger partial charge on any atom is 0.274 e. The summed E-state index contributed by atoms with van der Waals surface area (Å²) in [7, 11) is 0. The Bertz CT molecular complexity index is 629. The number of aromatic amines is 1. The van der Waals surface area contributed by atoms with Crippen LogP contribution in [-0.4, -0.2) is 27.6 Å². The Morgan fingerprint density at radius 1 is 1.56 bits per heavy atom. The van der Waals surface area contributed by atoms with Gasteiger partial charge in [-0.1, -0.05) is 6.92 Å². The lowest BCUT2D eigenvalue weighted by molar-refractivity contribution is 0.0451. The van der Waals surface area contributed by atoms with Gasteiger partial charge in [-0.25, -0.2) is 4.98 Å². The van der Waals surface area contributed by atoms with Crippen molar-refractivity contribution in [2.75, 3.05) is 13.2 Å². The molecule has 5 heteroatoms. The molecule has 3 heterocycles. The summed E-state index contributed by atoms with van der Waals surface area (Å²) in [4.78, 5) is 19.1. The lowest BCUT2D eigenvalue weighted by Crippen LogP contribution is -2.25. The predicted molar refractivity (Wildman–Crippen MR) is 67.9 cm³/mol. The quantitative estimate of drug-likeness (QED) is 0.830. The molecule has 1 N–H and O–H groups in total. The average Bonchev–Trinajstić information content (AvgIpc) is 2.73. The van der Waals surface area contributed by atoms with Gasteiger partial charge in [-0.15, -0.1) is 0 Å². The first-order chi connectivity index (χ1) is 8.66. The van der Waals surface area contributed by atoms with E-state index >= 15 is 0 Å². The van der Waals surface area contributed by atoms with Crippen LogP contribution in [0.4, 0.5) is 0 Å². The zero-order chi connectivity index (χ0) is 12.7. The minimum Gasteiger partial charge on any atom is -0.381 e. The third-order valence-electron chi connectivity index (χ3n) is 3.66. The molecule has 3 rings (SSSR count). The molecule has 2 unspecified atom stereocenters. The summed E-state index contributed by atoms with van der Waals surface area (Å²) in [5.41, 5.74) is 1.40. The van der Waals surface area contributed by atoms with Crippen LogP contribution in [-0.2, 0) is 4.74 Å². The molecular weight excluding hydrogens is 230 g/mol. The monoisotopic (exact) mass is 247 g/mol. The van der Waals surface area contributed by atoms with Gasteiger partial charge in [-0.05, 0) is 19.3 Å². The van der Waals surface area contributed by atoms with Gasteiger partial charge in [0.2, 0.25) is 0 Å². The molecule has 1 aliphatic rings. The lowest BCUT2D eigenvalue weighted by Gasteiger charge is -2.27. The predicted octanol–water partition coefficient (Wildman–Crippen LogP) is 1.47. The number of nitrogens with one attached hydrogen (secondary N) is 1. The van der Waals surface area contributed by atoms with Crippen LogP contribution in [0.3, 0.4) is 0 Å². The second kappa shape index (κ2) is 4.24. The first-order valence-electron chi connectivity index (χ1n) is 6.31. The number of aryl methyl sites for hydroxylation is 1. The molecule has 0 aromatic carbocycles. The van der Waals surface area contributed by atoms with E-state index in [0.717, 1.165) is 31.2 Å². The number of fused-ring (bicyclic) bond motifs is 1. The van der Waals surface area contributed by atoms with Crippen molar-refractivity contribution in [3.8, 4) is 0 Å². The van der Waals surface area contributed by atoms with E-state index in [1.54, 1.807) is 6.20 Å². The van der Waals surface area contributed by atoms with Gasteiger partial charge in [-0.3, -0.25) is 9.20 Å². The summed E-state index contributed by atoms with van der Waals surface area (Å²) in [5.74, 6) is 1.78. The summed E-state index contributed by atoms with van der Waals surface area (Å²) < 4.78 is 7.40. The highest BCUT2D eigenvalue weighted by molar-refractivity contribution is 5.44. The molecule has 96 valence electrons. The van der Waals surface area contributed by atoms with Crippen LogP contribution in [0.5, 0.6) is 0 Å². The van der Waals surface area contributed by atoms with Gasteiger partial charge in [-0.2, -0.15) is 0 Å². The maximum absolute atomic E-state index is 11.8. The van der Waals surface area contributed by atoms with E-state index in [2.05, 4.69) is 16.9 Å². The molecule has 2 aromatic rings. The molecule has 2 atom stereocenters. The van der Waals surface area contributed by atoms with Gasteiger partial charge in [0.1, 0.15) is 11.3 Å². The third-order valence-corrected chi connectivity index (χ3v) is 3.66. The molecule has 0 bridgehead atoms. The Morgan fingerprint density at radius 3 is 3.17 bits per heavy atom. The van der Waals surface area contributed by atoms with Crippen molar-refractivity contribution in [3.05, 3.63) is 34.3 Å². The fourth-order valence-corrected chi connectivity index (χ4v) is 2.69. The second-order valence-electron chi connectivity index (χ2n) is 5.09. The first kappa shape index (κ1) is 11.5. The zero-order valence-corrected chi connectivity index (χ0v) is 10.6. The molecular formula is C13H17N3O2. The number of imidazole rings is 1. The van der Waals surface area contributed by atoms with Crippen molar-refractivity contribution in [2.24, 2.45) is 5.92 Å². The Labute approximate surface area is 105 Å². The number of hydrogen-bond acceptors (Lipinski definition) is 3. The van der Waals surface area contributed by atoms with Crippen molar-refractivity contribution < 1.29 is 4.74 Å². The minimum atomic E-state index is -0.0755. The Kier molecular flexibility index (Phi) is 2.70. The summed E-state index contributed by atoms with van der Waals surface area (Å²) >= 11 is 0. The minimum absolute atomic E-state index is 0.0755.